The summed E-state index contributed by atoms with van der Waals surface area (Å²) in [6, 6.07) is 16.9. The van der Waals surface area contributed by atoms with Crippen LogP contribution in [-0.2, 0) is 10.3 Å². The number of hydrogen-bond donors (Lipinski definition) is 1. The zero-order valence-corrected chi connectivity index (χ0v) is 21.0. The molecule has 0 radical (unpaired) electrons. The number of fused-ring (bicyclic) bond motifs is 1. The Hall–Kier alpha value is -3.31. The molecule has 0 bridgehead atoms. The number of carbonyl (C=O) groups is 1. The van der Waals surface area contributed by atoms with Crippen LogP contribution >= 0.6 is 0 Å². The first-order valence-corrected chi connectivity index (χ1v) is 12.6. The zero-order valence-electron chi connectivity index (χ0n) is 21.0. The van der Waals surface area contributed by atoms with Crippen molar-refractivity contribution >= 4 is 22.4 Å². The Morgan fingerprint density at radius 1 is 1.09 bits per heavy atom. The second kappa shape index (κ2) is 9.74. The molecule has 1 saturated carbocycles. The summed E-state index contributed by atoms with van der Waals surface area (Å²) < 4.78 is 5.41. The largest absolute Gasteiger partial charge is 0.497 e. The molecule has 182 valence electrons. The van der Waals surface area contributed by atoms with E-state index in [-0.39, 0.29) is 11.4 Å². The Kier molecular flexibility index (Phi) is 6.52. The molecule has 5 heteroatoms. The molecule has 35 heavy (non-hydrogen) atoms. The van der Waals surface area contributed by atoms with Gasteiger partial charge in [0.15, 0.2) is 0 Å². The van der Waals surface area contributed by atoms with Crippen LogP contribution in [0.2, 0.25) is 0 Å². The number of benzene rings is 2. The van der Waals surface area contributed by atoms with Crippen LogP contribution in [-0.4, -0.2) is 55.0 Å². The quantitative estimate of drug-likeness (QED) is 0.484. The topological polar surface area (TPSA) is 48.6 Å². The maximum atomic E-state index is 13.1. The minimum atomic E-state index is 0.0480. The average Bonchev–Trinajstić information content (AvgIpc) is 3.33. The van der Waals surface area contributed by atoms with Crippen molar-refractivity contribution in [1.82, 2.24) is 14.8 Å². The monoisotopic (exact) mass is 469 g/mol. The van der Waals surface area contributed by atoms with Crippen LogP contribution in [0.5, 0.6) is 5.75 Å². The smallest absolute Gasteiger partial charge is 0.246 e. The van der Waals surface area contributed by atoms with Crippen molar-refractivity contribution in [3.63, 3.8) is 0 Å². The van der Waals surface area contributed by atoms with Gasteiger partial charge in [0.05, 0.1) is 7.11 Å². The van der Waals surface area contributed by atoms with E-state index in [2.05, 4.69) is 78.7 Å². The maximum absolute atomic E-state index is 13.1. The van der Waals surface area contributed by atoms with Crippen LogP contribution < -0.4 is 4.74 Å². The molecule has 2 aromatic carbocycles. The molecular formula is C30H35N3O2. The van der Waals surface area contributed by atoms with Gasteiger partial charge in [0.25, 0.3) is 0 Å². The molecule has 2 aliphatic rings. The van der Waals surface area contributed by atoms with Gasteiger partial charge < -0.3 is 14.6 Å². The first-order valence-electron chi connectivity index (χ1n) is 12.6. The number of nitrogens with one attached hydrogen (secondary N) is 1. The number of rotatable bonds is 5. The highest BCUT2D eigenvalue weighted by Gasteiger charge is 2.37. The lowest BCUT2D eigenvalue weighted by Gasteiger charge is -2.44. The minimum Gasteiger partial charge on any atom is -0.497 e. The van der Waals surface area contributed by atoms with Crippen molar-refractivity contribution in [2.45, 2.75) is 37.6 Å². The van der Waals surface area contributed by atoms with E-state index in [0.29, 0.717) is 6.54 Å². The number of allylic oxidation sites excluding steroid dienone is 1. The molecule has 1 fully saturated rings. The standard InChI is InChI=1S/C30H35N3O2/c1-32(2)30(24-7-5-4-6-8-24)15-11-22(12-16-30)19-29(34)33-17-13-23(14-18-33)27-21-31-28-10-9-25(35-3)20-26(27)28/h4-10,13,19-21,31H,11-12,14-18H2,1-3H3. The molecule has 0 saturated heterocycles. The number of aromatic amines is 1. The number of amides is 1. The predicted molar refractivity (Wildman–Crippen MR) is 142 cm³/mol. The predicted octanol–water partition coefficient (Wildman–Crippen LogP) is 5.75. The van der Waals surface area contributed by atoms with E-state index in [0.717, 1.165) is 49.9 Å². The number of ether oxygens (including phenoxy) is 1. The van der Waals surface area contributed by atoms with E-state index in [9.17, 15) is 4.79 Å². The fourth-order valence-corrected chi connectivity index (χ4v) is 5.74. The lowest BCUT2D eigenvalue weighted by molar-refractivity contribution is -0.125. The third-order valence-corrected chi connectivity index (χ3v) is 7.97. The summed E-state index contributed by atoms with van der Waals surface area (Å²) in [6.45, 7) is 1.40. The Labute approximate surface area is 208 Å². The van der Waals surface area contributed by atoms with Crippen LogP contribution in [0.15, 0.2) is 72.5 Å². The summed E-state index contributed by atoms with van der Waals surface area (Å²) in [6.07, 6.45) is 11.1. The van der Waals surface area contributed by atoms with Crippen LogP contribution in [0.4, 0.5) is 0 Å². The Morgan fingerprint density at radius 2 is 1.86 bits per heavy atom. The lowest BCUT2D eigenvalue weighted by Crippen LogP contribution is -2.43. The lowest BCUT2D eigenvalue weighted by atomic mass is 9.74. The summed E-state index contributed by atoms with van der Waals surface area (Å²) in [5, 5.41) is 1.17. The molecule has 1 N–H and O–H groups in total. The van der Waals surface area contributed by atoms with Crippen molar-refractivity contribution < 1.29 is 9.53 Å². The number of H-pyrrole nitrogens is 1. The molecule has 1 amide bonds. The van der Waals surface area contributed by atoms with E-state index in [1.165, 1.54) is 27.7 Å². The fourth-order valence-electron chi connectivity index (χ4n) is 5.74. The molecule has 1 aromatic heterocycles. The molecule has 0 spiro atoms. The summed E-state index contributed by atoms with van der Waals surface area (Å²) >= 11 is 0. The molecule has 1 aliphatic carbocycles. The highest BCUT2D eigenvalue weighted by molar-refractivity contribution is 5.94. The Morgan fingerprint density at radius 3 is 2.51 bits per heavy atom. The van der Waals surface area contributed by atoms with Gasteiger partial charge in [-0.05, 0) is 75.5 Å². The van der Waals surface area contributed by atoms with Crippen molar-refractivity contribution in [2.75, 3.05) is 34.3 Å². The summed E-state index contributed by atoms with van der Waals surface area (Å²) in [7, 11) is 6.04. The molecule has 3 aromatic rings. The SMILES string of the molecule is COc1ccc2[nH]cc(C3=CCN(C(=O)C=C4CCC(c5ccccc5)(N(C)C)CC4)CC3)c2c1. The number of aromatic nitrogens is 1. The van der Waals surface area contributed by atoms with Crippen LogP contribution in [0, 0.1) is 0 Å². The van der Waals surface area contributed by atoms with Crippen LogP contribution in [0.25, 0.3) is 16.5 Å². The zero-order chi connectivity index (χ0) is 24.4. The van der Waals surface area contributed by atoms with E-state index in [1.54, 1.807) is 7.11 Å². The number of methoxy groups -OCH3 is 1. The Balaban J connectivity index is 1.25. The third-order valence-electron chi connectivity index (χ3n) is 7.97. The van der Waals surface area contributed by atoms with Gasteiger partial charge in [0.2, 0.25) is 5.91 Å². The van der Waals surface area contributed by atoms with Crippen molar-refractivity contribution in [3.05, 3.63) is 83.6 Å². The van der Waals surface area contributed by atoms with E-state index in [1.807, 2.05) is 17.0 Å². The van der Waals surface area contributed by atoms with Crippen molar-refractivity contribution in [1.29, 1.82) is 0 Å². The number of carbonyl (C=O) groups excluding carboxylic acids is 1. The van der Waals surface area contributed by atoms with Gasteiger partial charge in [0, 0.05) is 47.4 Å². The third kappa shape index (κ3) is 4.53. The van der Waals surface area contributed by atoms with Crippen LogP contribution in [0.1, 0.15) is 43.2 Å². The second-order valence-electron chi connectivity index (χ2n) is 9.97. The van der Waals surface area contributed by atoms with Gasteiger partial charge in [-0.1, -0.05) is 42.0 Å². The number of nitrogens with zero attached hydrogens (tertiary/aromatic N) is 2. The molecule has 0 unspecified atom stereocenters. The van der Waals surface area contributed by atoms with E-state index >= 15 is 0 Å². The fraction of sp³-hybridized carbons (Fsp3) is 0.367. The average molecular weight is 470 g/mol. The second-order valence-corrected chi connectivity index (χ2v) is 9.97. The molecule has 1 aliphatic heterocycles. The molecule has 5 rings (SSSR count). The van der Waals surface area contributed by atoms with Gasteiger partial charge in [0.1, 0.15) is 5.75 Å². The minimum absolute atomic E-state index is 0.0480. The molecule has 2 heterocycles. The van der Waals surface area contributed by atoms with Crippen molar-refractivity contribution in [3.8, 4) is 5.75 Å². The summed E-state index contributed by atoms with van der Waals surface area (Å²) in [5.41, 5.74) is 6.30. The van der Waals surface area contributed by atoms with Gasteiger partial charge >= 0.3 is 0 Å². The normalized spacial score (nSPS) is 20.7. The molecular weight excluding hydrogens is 434 g/mol. The van der Waals surface area contributed by atoms with E-state index in [4.69, 9.17) is 4.74 Å². The summed E-state index contributed by atoms with van der Waals surface area (Å²) in [4.78, 5) is 20.8. The number of hydrogen-bond acceptors (Lipinski definition) is 3. The van der Waals surface area contributed by atoms with E-state index < -0.39 is 0 Å². The summed E-state index contributed by atoms with van der Waals surface area (Å²) in [5.74, 6) is 1.00. The highest BCUT2D eigenvalue weighted by atomic mass is 16.5. The maximum Gasteiger partial charge on any atom is 0.246 e. The first-order chi connectivity index (χ1) is 17.0. The highest BCUT2D eigenvalue weighted by Crippen LogP contribution is 2.43. The van der Waals surface area contributed by atoms with Gasteiger partial charge in [-0.25, -0.2) is 0 Å². The molecule has 5 nitrogen and oxygen atoms in total. The first kappa shape index (κ1) is 23.4. The van der Waals surface area contributed by atoms with Gasteiger partial charge in [-0.3, -0.25) is 9.69 Å². The van der Waals surface area contributed by atoms with Gasteiger partial charge in [-0.15, -0.1) is 0 Å². The van der Waals surface area contributed by atoms with Crippen molar-refractivity contribution in [2.24, 2.45) is 0 Å². The Bertz CT molecular complexity index is 1260. The van der Waals surface area contributed by atoms with Gasteiger partial charge in [-0.2, -0.15) is 0 Å². The van der Waals surface area contributed by atoms with Crippen LogP contribution in [0.3, 0.4) is 0 Å². The molecule has 0 atom stereocenters.